The predicted octanol–water partition coefficient (Wildman–Crippen LogP) is 4.16. The molecule has 0 bridgehead atoms. The molecule has 2 rings (SSSR count). The van der Waals surface area contributed by atoms with E-state index < -0.39 is 5.91 Å². The number of halogens is 1. The molecule has 5 heteroatoms. The molecule has 0 saturated carbocycles. The van der Waals surface area contributed by atoms with Gasteiger partial charge in [-0.2, -0.15) is 5.10 Å². The van der Waals surface area contributed by atoms with Crippen molar-refractivity contribution in [3.05, 3.63) is 65.5 Å². The average molecular weight is 328 g/mol. The molecule has 4 nitrogen and oxygen atoms in total. The Morgan fingerprint density at radius 1 is 1.17 bits per heavy atom. The molecule has 0 aliphatic rings. The Labute approximate surface area is 141 Å². The molecule has 0 atom stereocenters. The number of benzene rings is 2. The monoisotopic (exact) mass is 328 g/mol. The first kappa shape index (κ1) is 17.7. The summed E-state index contributed by atoms with van der Waals surface area (Å²) in [6.45, 7) is 2.80. The van der Waals surface area contributed by atoms with Crippen molar-refractivity contribution in [2.24, 2.45) is 5.10 Å². The Kier molecular flexibility index (Phi) is 6.95. The third-order valence-corrected chi connectivity index (χ3v) is 3.40. The number of nitrogens with one attached hydrogen (secondary N) is 1. The minimum Gasteiger partial charge on any atom is -0.493 e. The number of unbranched alkanes of at least 4 members (excludes halogenated alkanes) is 2. The lowest BCUT2D eigenvalue weighted by molar-refractivity contribution is 0.0955. The van der Waals surface area contributed by atoms with Gasteiger partial charge in [-0.25, -0.2) is 9.82 Å². The summed E-state index contributed by atoms with van der Waals surface area (Å²) in [7, 11) is 0. The Bertz CT molecular complexity index is 684. The highest BCUT2D eigenvalue weighted by Gasteiger charge is 2.04. The van der Waals surface area contributed by atoms with Crippen LogP contribution in [0.25, 0.3) is 0 Å². The number of rotatable bonds is 8. The Morgan fingerprint density at radius 2 is 1.92 bits per heavy atom. The van der Waals surface area contributed by atoms with E-state index in [0.717, 1.165) is 30.6 Å². The second-order valence-corrected chi connectivity index (χ2v) is 5.30. The number of hydrogen-bond donors (Lipinski definition) is 1. The van der Waals surface area contributed by atoms with Gasteiger partial charge in [0.15, 0.2) is 0 Å². The van der Waals surface area contributed by atoms with Crippen LogP contribution in [0.2, 0.25) is 0 Å². The lowest BCUT2D eigenvalue weighted by Gasteiger charge is -2.08. The number of nitrogens with zero attached hydrogens (tertiary/aromatic N) is 1. The van der Waals surface area contributed by atoms with Crippen LogP contribution >= 0.6 is 0 Å². The molecule has 0 aliphatic heterocycles. The minimum absolute atomic E-state index is 0.345. The molecule has 2 aromatic rings. The maximum absolute atomic E-state index is 12.8. The summed E-state index contributed by atoms with van der Waals surface area (Å²) in [4.78, 5) is 11.9. The third kappa shape index (κ3) is 5.50. The van der Waals surface area contributed by atoms with Gasteiger partial charge in [-0.15, -0.1) is 0 Å². The summed E-state index contributed by atoms with van der Waals surface area (Å²) in [5, 5.41) is 3.95. The highest BCUT2D eigenvalue weighted by atomic mass is 19.1. The SMILES string of the molecule is CCCCCOc1ccccc1/C=N\NC(=O)c1ccc(F)cc1. The first-order chi connectivity index (χ1) is 11.7. The summed E-state index contributed by atoms with van der Waals surface area (Å²) < 4.78 is 18.6. The molecule has 0 aliphatic carbocycles. The fraction of sp³-hybridized carbons (Fsp3) is 0.263. The van der Waals surface area contributed by atoms with Crippen LogP contribution < -0.4 is 10.2 Å². The van der Waals surface area contributed by atoms with Crippen molar-refractivity contribution in [3.8, 4) is 5.75 Å². The van der Waals surface area contributed by atoms with Crippen LogP contribution in [0, 0.1) is 5.82 Å². The van der Waals surface area contributed by atoms with Crippen molar-refractivity contribution in [3.63, 3.8) is 0 Å². The first-order valence-corrected chi connectivity index (χ1v) is 8.01. The van der Waals surface area contributed by atoms with Crippen molar-refractivity contribution in [1.29, 1.82) is 0 Å². The topological polar surface area (TPSA) is 50.7 Å². The zero-order valence-electron chi connectivity index (χ0n) is 13.7. The van der Waals surface area contributed by atoms with Crippen LogP contribution in [0.5, 0.6) is 5.75 Å². The van der Waals surface area contributed by atoms with Crippen LogP contribution in [0.4, 0.5) is 4.39 Å². The largest absolute Gasteiger partial charge is 0.493 e. The average Bonchev–Trinajstić information content (AvgIpc) is 2.60. The van der Waals surface area contributed by atoms with Crippen molar-refractivity contribution in [2.45, 2.75) is 26.2 Å². The molecule has 0 spiro atoms. The minimum atomic E-state index is -0.396. The molecule has 0 saturated heterocycles. The molecule has 1 N–H and O–H groups in total. The van der Waals surface area contributed by atoms with Crippen LogP contribution in [-0.2, 0) is 0 Å². The number of hydrogen-bond acceptors (Lipinski definition) is 3. The fourth-order valence-electron chi connectivity index (χ4n) is 2.08. The Balaban J connectivity index is 1.93. The summed E-state index contributed by atoms with van der Waals surface area (Å²) in [5.41, 5.74) is 3.55. The van der Waals surface area contributed by atoms with Gasteiger partial charge in [0.05, 0.1) is 12.8 Å². The molecular weight excluding hydrogens is 307 g/mol. The normalized spacial score (nSPS) is 10.8. The van der Waals surface area contributed by atoms with E-state index in [1.807, 2.05) is 24.3 Å². The molecule has 0 heterocycles. The van der Waals surface area contributed by atoms with Crippen LogP contribution in [-0.4, -0.2) is 18.7 Å². The molecule has 0 radical (unpaired) electrons. The van der Waals surface area contributed by atoms with Crippen molar-refractivity contribution >= 4 is 12.1 Å². The molecule has 126 valence electrons. The van der Waals surface area contributed by atoms with Gasteiger partial charge >= 0.3 is 0 Å². The smallest absolute Gasteiger partial charge is 0.271 e. The van der Waals surface area contributed by atoms with Crippen molar-refractivity contribution in [1.82, 2.24) is 5.43 Å². The number of ether oxygens (including phenoxy) is 1. The Hall–Kier alpha value is -2.69. The van der Waals surface area contributed by atoms with E-state index in [1.54, 1.807) is 0 Å². The van der Waals surface area contributed by atoms with Gasteiger partial charge in [0, 0.05) is 11.1 Å². The molecule has 0 fully saturated rings. The number of amides is 1. The van der Waals surface area contributed by atoms with Gasteiger partial charge < -0.3 is 4.74 Å². The zero-order valence-corrected chi connectivity index (χ0v) is 13.7. The number of carbonyl (C=O) groups excluding carboxylic acids is 1. The molecule has 1 amide bonds. The van der Waals surface area contributed by atoms with Crippen LogP contribution in [0.15, 0.2) is 53.6 Å². The summed E-state index contributed by atoms with van der Waals surface area (Å²) in [5.74, 6) is -0.0508. The maximum Gasteiger partial charge on any atom is 0.271 e. The summed E-state index contributed by atoms with van der Waals surface area (Å²) in [6.07, 6.45) is 4.81. The van der Waals surface area contributed by atoms with Gasteiger partial charge in [-0.3, -0.25) is 4.79 Å². The van der Waals surface area contributed by atoms with E-state index in [9.17, 15) is 9.18 Å². The van der Waals surface area contributed by atoms with Gasteiger partial charge in [0.2, 0.25) is 0 Å². The Morgan fingerprint density at radius 3 is 2.67 bits per heavy atom. The second kappa shape index (κ2) is 9.45. The second-order valence-electron chi connectivity index (χ2n) is 5.30. The lowest BCUT2D eigenvalue weighted by atomic mass is 10.2. The van der Waals surface area contributed by atoms with Crippen LogP contribution in [0.3, 0.4) is 0 Å². The predicted molar refractivity (Wildman–Crippen MR) is 92.9 cm³/mol. The molecule has 2 aromatic carbocycles. The van der Waals surface area contributed by atoms with Gasteiger partial charge in [0.25, 0.3) is 5.91 Å². The van der Waals surface area contributed by atoms with E-state index in [-0.39, 0.29) is 5.82 Å². The van der Waals surface area contributed by atoms with Crippen molar-refractivity contribution in [2.75, 3.05) is 6.61 Å². The summed E-state index contributed by atoms with van der Waals surface area (Å²) >= 11 is 0. The highest BCUT2D eigenvalue weighted by Crippen LogP contribution is 2.16. The quantitative estimate of drug-likeness (QED) is 0.449. The van der Waals surface area contributed by atoms with Gasteiger partial charge in [-0.1, -0.05) is 31.9 Å². The molecule has 0 unspecified atom stereocenters. The number of para-hydroxylation sites is 1. The summed E-state index contributed by atoms with van der Waals surface area (Å²) in [6, 6.07) is 12.8. The standard InChI is InChI=1S/C19H21FN2O2/c1-2-3-6-13-24-18-8-5-4-7-16(18)14-21-22-19(23)15-9-11-17(20)12-10-15/h4-5,7-12,14H,2-3,6,13H2,1H3,(H,22,23)/b21-14-. The van der Waals surface area contributed by atoms with Gasteiger partial charge in [0.1, 0.15) is 11.6 Å². The van der Waals surface area contributed by atoms with E-state index in [2.05, 4.69) is 17.5 Å². The number of carbonyl (C=O) groups is 1. The molecule has 24 heavy (non-hydrogen) atoms. The van der Waals surface area contributed by atoms with Crippen molar-refractivity contribution < 1.29 is 13.9 Å². The van der Waals surface area contributed by atoms with E-state index >= 15 is 0 Å². The van der Waals surface area contributed by atoms with E-state index in [4.69, 9.17) is 4.74 Å². The van der Waals surface area contributed by atoms with Crippen LogP contribution in [0.1, 0.15) is 42.1 Å². The van der Waals surface area contributed by atoms with Gasteiger partial charge in [-0.05, 0) is 42.8 Å². The maximum atomic E-state index is 12.8. The number of hydrazone groups is 1. The molecule has 0 aromatic heterocycles. The highest BCUT2D eigenvalue weighted by molar-refractivity contribution is 5.95. The van der Waals surface area contributed by atoms with E-state index in [0.29, 0.717) is 12.2 Å². The van der Waals surface area contributed by atoms with E-state index in [1.165, 1.54) is 30.5 Å². The fourth-order valence-corrected chi connectivity index (χ4v) is 2.08. The lowest BCUT2D eigenvalue weighted by Crippen LogP contribution is -2.17. The third-order valence-electron chi connectivity index (χ3n) is 3.40. The molecular formula is C19H21FN2O2. The first-order valence-electron chi connectivity index (χ1n) is 8.01. The zero-order chi connectivity index (χ0) is 17.2.